The summed E-state index contributed by atoms with van der Waals surface area (Å²) in [6.45, 7) is 2.21. The number of halogens is 1. The minimum absolute atomic E-state index is 0.166. The third-order valence-electron chi connectivity index (χ3n) is 6.21. The maximum atomic E-state index is 13.4. The molecule has 37 heavy (non-hydrogen) atoms. The van der Waals surface area contributed by atoms with E-state index in [-0.39, 0.29) is 11.5 Å². The molecule has 7 heteroatoms. The number of hydrogen-bond donors (Lipinski definition) is 1. The average molecular weight is 510 g/mol. The molecule has 4 aromatic carbocycles. The van der Waals surface area contributed by atoms with Gasteiger partial charge in [0.1, 0.15) is 11.6 Å². The van der Waals surface area contributed by atoms with E-state index in [1.165, 1.54) is 0 Å². The van der Waals surface area contributed by atoms with Crippen LogP contribution in [0.5, 0.6) is 5.75 Å². The molecule has 0 spiro atoms. The average Bonchev–Trinajstić information content (AvgIpc) is 2.92. The van der Waals surface area contributed by atoms with Gasteiger partial charge in [-0.05, 0) is 72.1 Å². The van der Waals surface area contributed by atoms with Gasteiger partial charge in [-0.3, -0.25) is 14.2 Å². The van der Waals surface area contributed by atoms with Crippen LogP contribution in [0.2, 0.25) is 5.02 Å². The van der Waals surface area contributed by atoms with Crippen molar-refractivity contribution < 1.29 is 9.53 Å². The van der Waals surface area contributed by atoms with Crippen molar-refractivity contribution in [2.24, 2.45) is 0 Å². The van der Waals surface area contributed by atoms with Crippen LogP contribution >= 0.6 is 11.6 Å². The lowest BCUT2D eigenvalue weighted by atomic mass is 10.0. The van der Waals surface area contributed by atoms with E-state index in [2.05, 4.69) is 10.3 Å². The Kier molecular flexibility index (Phi) is 6.75. The smallest absolute Gasteiger partial charge is 0.261 e. The molecular formula is C30H24ClN3O3. The number of benzene rings is 4. The first-order valence-electron chi connectivity index (χ1n) is 11.7. The van der Waals surface area contributed by atoms with Gasteiger partial charge in [-0.1, -0.05) is 54.1 Å². The molecule has 0 saturated carbocycles. The predicted octanol–water partition coefficient (Wildman–Crippen LogP) is 6.33. The predicted molar refractivity (Wildman–Crippen MR) is 148 cm³/mol. The van der Waals surface area contributed by atoms with E-state index in [9.17, 15) is 9.59 Å². The normalized spacial score (nSPS) is 10.9. The van der Waals surface area contributed by atoms with Crippen molar-refractivity contribution in [2.45, 2.75) is 13.5 Å². The molecule has 5 aromatic rings. The van der Waals surface area contributed by atoms with E-state index >= 15 is 0 Å². The van der Waals surface area contributed by atoms with Gasteiger partial charge in [0.25, 0.3) is 11.5 Å². The van der Waals surface area contributed by atoms with Crippen LogP contribution in [-0.2, 0) is 6.54 Å². The largest absolute Gasteiger partial charge is 0.497 e. The van der Waals surface area contributed by atoms with Gasteiger partial charge in [-0.15, -0.1) is 0 Å². The summed E-state index contributed by atoms with van der Waals surface area (Å²) >= 11 is 6.00. The minimum atomic E-state index is -0.306. The van der Waals surface area contributed by atoms with E-state index in [1.54, 1.807) is 54.1 Å². The Morgan fingerprint density at radius 1 is 0.946 bits per heavy atom. The number of anilines is 1. The molecule has 0 aliphatic heterocycles. The van der Waals surface area contributed by atoms with Crippen molar-refractivity contribution in [3.63, 3.8) is 0 Å². The van der Waals surface area contributed by atoms with Crippen molar-refractivity contribution >= 4 is 34.1 Å². The number of ether oxygens (including phenoxy) is 1. The molecule has 1 aromatic heterocycles. The number of methoxy groups -OCH3 is 1. The summed E-state index contributed by atoms with van der Waals surface area (Å²) in [6, 6.07) is 27.8. The van der Waals surface area contributed by atoms with Crippen molar-refractivity contribution in [3.05, 3.63) is 123 Å². The first-order valence-corrected chi connectivity index (χ1v) is 12.1. The highest BCUT2D eigenvalue weighted by molar-refractivity contribution is 6.31. The Bertz CT molecular complexity index is 1660. The molecule has 0 unspecified atom stereocenters. The number of hydrogen-bond acceptors (Lipinski definition) is 4. The van der Waals surface area contributed by atoms with Gasteiger partial charge in [-0.25, -0.2) is 4.98 Å². The van der Waals surface area contributed by atoms with E-state index in [0.29, 0.717) is 39.5 Å². The van der Waals surface area contributed by atoms with Gasteiger partial charge in [0.15, 0.2) is 0 Å². The Hall–Kier alpha value is -4.42. The summed E-state index contributed by atoms with van der Waals surface area (Å²) in [5, 5.41) is 3.75. The van der Waals surface area contributed by atoms with E-state index < -0.39 is 0 Å². The molecule has 0 radical (unpaired) electrons. The number of aromatic nitrogens is 2. The Labute approximate surface area is 219 Å². The number of nitrogens with zero attached hydrogens (tertiary/aromatic N) is 2. The van der Waals surface area contributed by atoms with Crippen LogP contribution in [-0.4, -0.2) is 22.6 Å². The summed E-state index contributed by atoms with van der Waals surface area (Å²) in [7, 11) is 1.65. The fourth-order valence-electron chi connectivity index (χ4n) is 4.20. The maximum Gasteiger partial charge on any atom is 0.261 e. The lowest BCUT2D eigenvalue weighted by molar-refractivity contribution is 0.102. The van der Waals surface area contributed by atoms with Crippen molar-refractivity contribution in [1.82, 2.24) is 9.55 Å². The lowest BCUT2D eigenvalue weighted by Gasteiger charge is -2.13. The Morgan fingerprint density at radius 3 is 2.32 bits per heavy atom. The third-order valence-corrected chi connectivity index (χ3v) is 6.44. The summed E-state index contributed by atoms with van der Waals surface area (Å²) in [5.41, 5.74) is 4.50. The number of fused-ring (bicyclic) bond motifs is 1. The molecule has 0 aliphatic carbocycles. The molecule has 184 valence electrons. The second-order valence-corrected chi connectivity index (χ2v) is 9.11. The van der Waals surface area contributed by atoms with Crippen LogP contribution in [0, 0.1) is 6.92 Å². The van der Waals surface area contributed by atoms with Gasteiger partial charge < -0.3 is 10.1 Å². The van der Waals surface area contributed by atoms with Gasteiger partial charge >= 0.3 is 0 Å². The first kappa shape index (κ1) is 24.3. The molecule has 0 aliphatic rings. The highest BCUT2D eigenvalue weighted by atomic mass is 35.5. The summed E-state index contributed by atoms with van der Waals surface area (Å²) < 4.78 is 6.88. The fraction of sp³-hybridized carbons (Fsp3) is 0.100. The number of rotatable bonds is 6. The van der Waals surface area contributed by atoms with Crippen molar-refractivity contribution in [2.75, 3.05) is 12.4 Å². The van der Waals surface area contributed by atoms with Crippen LogP contribution in [0.4, 0.5) is 5.69 Å². The van der Waals surface area contributed by atoms with Crippen LogP contribution in [0.1, 0.15) is 21.7 Å². The Balaban J connectivity index is 1.40. The molecule has 0 bridgehead atoms. The molecule has 5 rings (SSSR count). The number of carbonyl (C=O) groups is 1. The maximum absolute atomic E-state index is 13.4. The third kappa shape index (κ3) is 5.25. The van der Waals surface area contributed by atoms with Gasteiger partial charge in [-0.2, -0.15) is 0 Å². The molecule has 1 heterocycles. The SMILES string of the molecule is COc1ccc(-c2ccc(Cn3c(C)nc4ccc(NC(=O)c5cccc(Cl)c5)cc4c3=O)cc2)cc1. The van der Waals surface area contributed by atoms with Crippen LogP contribution < -0.4 is 15.6 Å². The second kappa shape index (κ2) is 10.3. The topological polar surface area (TPSA) is 73.2 Å². The van der Waals surface area contributed by atoms with Crippen LogP contribution in [0.25, 0.3) is 22.0 Å². The summed E-state index contributed by atoms with van der Waals surface area (Å²) in [4.78, 5) is 30.7. The van der Waals surface area contributed by atoms with Crippen molar-refractivity contribution in [3.8, 4) is 16.9 Å². The van der Waals surface area contributed by atoms with E-state index in [1.807, 2.05) is 55.5 Å². The van der Waals surface area contributed by atoms with E-state index in [4.69, 9.17) is 16.3 Å². The Morgan fingerprint density at radius 2 is 1.65 bits per heavy atom. The van der Waals surface area contributed by atoms with Crippen molar-refractivity contribution in [1.29, 1.82) is 0 Å². The number of nitrogens with one attached hydrogen (secondary N) is 1. The monoisotopic (exact) mass is 509 g/mol. The second-order valence-electron chi connectivity index (χ2n) is 8.67. The highest BCUT2D eigenvalue weighted by Gasteiger charge is 2.12. The van der Waals surface area contributed by atoms with Gasteiger partial charge in [0, 0.05) is 16.3 Å². The fourth-order valence-corrected chi connectivity index (χ4v) is 4.39. The van der Waals surface area contributed by atoms with E-state index in [0.717, 1.165) is 22.4 Å². The zero-order valence-electron chi connectivity index (χ0n) is 20.4. The zero-order chi connectivity index (χ0) is 25.9. The lowest BCUT2D eigenvalue weighted by Crippen LogP contribution is -2.24. The molecule has 0 atom stereocenters. The van der Waals surface area contributed by atoms with Crippen LogP contribution in [0.3, 0.4) is 0 Å². The number of amides is 1. The highest BCUT2D eigenvalue weighted by Crippen LogP contribution is 2.23. The van der Waals surface area contributed by atoms with Crippen LogP contribution in [0.15, 0.2) is 95.8 Å². The van der Waals surface area contributed by atoms with Gasteiger partial charge in [0.05, 0.1) is 24.6 Å². The summed E-state index contributed by atoms with van der Waals surface area (Å²) in [6.07, 6.45) is 0. The quantitative estimate of drug-likeness (QED) is 0.290. The molecule has 0 saturated heterocycles. The minimum Gasteiger partial charge on any atom is -0.497 e. The molecule has 1 amide bonds. The molecular weight excluding hydrogens is 486 g/mol. The molecule has 1 N–H and O–H groups in total. The first-order chi connectivity index (χ1) is 17.9. The molecule has 0 fully saturated rings. The number of aryl methyl sites for hydroxylation is 1. The standard InChI is InChI=1S/C30H24ClN3O3/c1-19-32-28-15-12-25(33-29(35)23-4-3-5-24(31)16-23)17-27(28)30(36)34(19)18-20-6-8-21(9-7-20)22-10-13-26(37-2)14-11-22/h3-17H,18H2,1-2H3,(H,33,35). The number of carbonyl (C=O) groups excluding carboxylic acids is 1. The van der Waals surface area contributed by atoms with Gasteiger partial charge in [0.2, 0.25) is 0 Å². The zero-order valence-corrected chi connectivity index (χ0v) is 21.1. The summed E-state index contributed by atoms with van der Waals surface area (Å²) in [5.74, 6) is 1.12. The molecule has 6 nitrogen and oxygen atoms in total.